The van der Waals surface area contributed by atoms with Crippen molar-refractivity contribution in [2.75, 3.05) is 11.4 Å². The largest absolute Gasteiger partial charge is 0.366 e. The molecule has 0 aliphatic carbocycles. The van der Waals surface area contributed by atoms with E-state index in [1.54, 1.807) is 6.07 Å². The maximum absolute atomic E-state index is 11.0. The van der Waals surface area contributed by atoms with Crippen molar-refractivity contribution in [3.05, 3.63) is 29.3 Å². The molecule has 1 heterocycles. The van der Waals surface area contributed by atoms with E-state index in [1.807, 2.05) is 12.1 Å². The zero-order valence-electron chi connectivity index (χ0n) is 8.73. The maximum Gasteiger partial charge on any atom is 0.248 e. The van der Waals surface area contributed by atoms with Gasteiger partial charge in [0.2, 0.25) is 5.91 Å². The van der Waals surface area contributed by atoms with Crippen LogP contribution in [0.4, 0.5) is 5.69 Å². The molecule has 15 heavy (non-hydrogen) atoms. The van der Waals surface area contributed by atoms with Crippen molar-refractivity contribution < 1.29 is 4.79 Å². The van der Waals surface area contributed by atoms with E-state index in [2.05, 4.69) is 11.8 Å². The van der Waals surface area contributed by atoms with E-state index in [1.165, 1.54) is 0 Å². The van der Waals surface area contributed by atoms with Gasteiger partial charge in [0.05, 0.1) is 6.17 Å². The molecule has 1 aliphatic heterocycles. The van der Waals surface area contributed by atoms with Crippen LogP contribution in [-0.4, -0.2) is 18.6 Å². The van der Waals surface area contributed by atoms with Crippen LogP contribution in [0.2, 0.25) is 0 Å². The fourth-order valence-electron chi connectivity index (χ4n) is 2.10. The van der Waals surface area contributed by atoms with E-state index in [9.17, 15) is 4.79 Å². The summed E-state index contributed by atoms with van der Waals surface area (Å²) in [7, 11) is 0. The third-order valence-electron chi connectivity index (χ3n) is 2.84. The Morgan fingerprint density at radius 2 is 2.33 bits per heavy atom. The van der Waals surface area contributed by atoms with Crippen LogP contribution in [0.1, 0.15) is 22.8 Å². The monoisotopic (exact) mass is 205 g/mol. The zero-order valence-corrected chi connectivity index (χ0v) is 8.73. The molecule has 4 nitrogen and oxygen atoms in total. The van der Waals surface area contributed by atoms with Gasteiger partial charge in [-0.25, -0.2) is 0 Å². The van der Waals surface area contributed by atoms with Crippen LogP contribution in [0.25, 0.3) is 0 Å². The van der Waals surface area contributed by atoms with Crippen molar-refractivity contribution in [3.63, 3.8) is 0 Å². The van der Waals surface area contributed by atoms with E-state index < -0.39 is 0 Å². The molecular weight excluding hydrogens is 190 g/mol. The van der Waals surface area contributed by atoms with Gasteiger partial charge >= 0.3 is 0 Å². The van der Waals surface area contributed by atoms with Crippen LogP contribution >= 0.6 is 0 Å². The molecule has 1 aromatic rings. The average molecular weight is 205 g/mol. The van der Waals surface area contributed by atoms with E-state index in [-0.39, 0.29) is 12.1 Å². The number of likely N-dealkylation sites (N-methyl/N-ethyl adjacent to an activating group) is 1. The van der Waals surface area contributed by atoms with Gasteiger partial charge < -0.3 is 16.4 Å². The van der Waals surface area contributed by atoms with Gasteiger partial charge in [0.1, 0.15) is 0 Å². The average Bonchev–Trinajstić information content (AvgIpc) is 2.51. The number of nitrogens with zero attached hydrogens (tertiary/aromatic N) is 1. The summed E-state index contributed by atoms with van der Waals surface area (Å²) in [4.78, 5) is 13.1. The van der Waals surface area contributed by atoms with E-state index >= 15 is 0 Å². The Balaban J connectivity index is 2.41. The van der Waals surface area contributed by atoms with Gasteiger partial charge in [-0.15, -0.1) is 0 Å². The smallest absolute Gasteiger partial charge is 0.248 e. The quantitative estimate of drug-likeness (QED) is 0.736. The van der Waals surface area contributed by atoms with E-state index in [4.69, 9.17) is 11.5 Å². The summed E-state index contributed by atoms with van der Waals surface area (Å²) >= 11 is 0. The summed E-state index contributed by atoms with van der Waals surface area (Å²) in [6.45, 7) is 2.95. The third kappa shape index (κ3) is 1.57. The van der Waals surface area contributed by atoms with Crippen LogP contribution in [0.15, 0.2) is 18.2 Å². The Bertz CT molecular complexity index is 403. The normalized spacial score (nSPS) is 19.1. The van der Waals surface area contributed by atoms with Crippen molar-refractivity contribution in [1.82, 2.24) is 0 Å². The molecular formula is C11H15N3O. The second-order valence-corrected chi connectivity index (χ2v) is 3.77. The van der Waals surface area contributed by atoms with Crippen molar-refractivity contribution >= 4 is 11.6 Å². The molecule has 2 rings (SSSR count). The number of fused-ring (bicyclic) bond motifs is 1. The number of rotatable bonds is 2. The fraction of sp³-hybridized carbons (Fsp3) is 0.364. The topological polar surface area (TPSA) is 72.3 Å². The molecule has 0 aromatic heterocycles. The highest BCUT2D eigenvalue weighted by Crippen LogP contribution is 2.30. The van der Waals surface area contributed by atoms with Gasteiger partial charge in [-0.2, -0.15) is 0 Å². The van der Waals surface area contributed by atoms with Gasteiger partial charge in [-0.3, -0.25) is 4.79 Å². The molecule has 1 atom stereocenters. The molecule has 1 aromatic carbocycles. The highest BCUT2D eigenvalue weighted by Gasteiger charge is 2.25. The Morgan fingerprint density at radius 1 is 1.60 bits per heavy atom. The maximum atomic E-state index is 11.0. The molecule has 0 radical (unpaired) electrons. The Labute approximate surface area is 88.9 Å². The molecule has 80 valence electrons. The minimum absolute atomic E-state index is 0.0214. The SMILES string of the molecule is CCN1c2ccc(C(N)=O)cc2CC1N. The predicted molar refractivity (Wildman–Crippen MR) is 59.7 cm³/mol. The van der Waals surface area contributed by atoms with Crippen LogP contribution in [0, 0.1) is 0 Å². The predicted octanol–water partition coefficient (Wildman–Crippen LogP) is 0.453. The molecule has 4 N–H and O–H groups in total. The van der Waals surface area contributed by atoms with Crippen LogP contribution in [0.5, 0.6) is 0 Å². The highest BCUT2D eigenvalue weighted by atomic mass is 16.1. The molecule has 1 aliphatic rings. The lowest BCUT2D eigenvalue weighted by Gasteiger charge is -2.22. The summed E-state index contributed by atoms with van der Waals surface area (Å²) < 4.78 is 0. The summed E-state index contributed by atoms with van der Waals surface area (Å²) in [5.41, 5.74) is 14.0. The van der Waals surface area contributed by atoms with Gasteiger partial charge in [0.25, 0.3) is 0 Å². The van der Waals surface area contributed by atoms with Gasteiger partial charge in [0.15, 0.2) is 0 Å². The number of benzene rings is 1. The molecule has 0 saturated heterocycles. The van der Waals surface area contributed by atoms with Crippen molar-refractivity contribution in [1.29, 1.82) is 0 Å². The molecule has 1 amide bonds. The summed E-state index contributed by atoms with van der Waals surface area (Å²) in [6.07, 6.45) is 0.803. The Hall–Kier alpha value is -1.55. The fourth-order valence-corrected chi connectivity index (χ4v) is 2.10. The number of carbonyl (C=O) groups excluding carboxylic acids is 1. The van der Waals surface area contributed by atoms with Crippen LogP contribution < -0.4 is 16.4 Å². The summed E-state index contributed by atoms with van der Waals surface area (Å²) in [5, 5.41) is 0. The lowest BCUT2D eigenvalue weighted by molar-refractivity contribution is 0.1000. The molecule has 0 bridgehead atoms. The number of anilines is 1. The Morgan fingerprint density at radius 3 is 2.93 bits per heavy atom. The third-order valence-corrected chi connectivity index (χ3v) is 2.84. The number of nitrogens with two attached hydrogens (primary N) is 2. The Kier molecular flexibility index (Phi) is 2.36. The first-order valence-electron chi connectivity index (χ1n) is 5.08. The molecule has 0 saturated carbocycles. The molecule has 4 heteroatoms. The number of primary amides is 1. The van der Waals surface area contributed by atoms with Gasteiger partial charge in [0, 0.05) is 24.2 Å². The lowest BCUT2D eigenvalue weighted by atomic mass is 10.1. The number of amides is 1. The summed E-state index contributed by atoms with van der Waals surface area (Å²) in [5.74, 6) is -0.388. The van der Waals surface area contributed by atoms with Crippen molar-refractivity contribution in [2.45, 2.75) is 19.5 Å². The standard InChI is InChI=1S/C11H15N3O/c1-2-14-9-4-3-7(11(13)15)5-8(9)6-10(14)12/h3-5,10H,2,6,12H2,1H3,(H2,13,15). The first kappa shape index (κ1) is 9.98. The lowest BCUT2D eigenvalue weighted by Crippen LogP contribution is -2.38. The van der Waals surface area contributed by atoms with Crippen molar-refractivity contribution in [3.8, 4) is 0 Å². The number of hydrogen-bond donors (Lipinski definition) is 2. The first-order chi connectivity index (χ1) is 7.13. The molecule has 1 unspecified atom stereocenters. The number of carbonyl (C=O) groups is 1. The second-order valence-electron chi connectivity index (χ2n) is 3.77. The van der Waals surface area contributed by atoms with Crippen LogP contribution in [-0.2, 0) is 6.42 Å². The minimum atomic E-state index is -0.388. The highest BCUT2D eigenvalue weighted by molar-refractivity contribution is 5.93. The number of hydrogen-bond acceptors (Lipinski definition) is 3. The minimum Gasteiger partial charge on any atom is -0.366 e. The second kappa shape index (κ2) is 3.55. The molecule has 0 spiro atoms. The van der Waals surface area contributed by atoms with Crippen LogP contribution in [0.3, 0.4) is 0 Å². The first-order valence-corrected chi connectivity index (χ1v) is 5.08. The zero-order chi connectivity index (χ0) is 11.0. The van der Waals surface area contributed by atoms with E-state index in [0.717, 1.165) is 24.2 Å². The van der Waals surface area contributed by atoms with Gasteiger partial charge in [-0.05, 0) is 30.7 Å². The van der Waals surface area contributed by atoms with Crippen molar-refractivity contribution in [2.24, 2.45) is 11.5 Å². The molecule has 0 fully saturated rings. The van der Waals surface area contributed by atoms with Gasteiger partial charge in [-0.1, -0.05) is 0 Å². The summed E-state index contributed by atoms with van der Waals surface area (Å²) in [6, 6.07) is 5.51. The van der Waals surface area contributed by atoms with E-state index in [0.29, 0.717) is 5.56 Å².